The fraction of sp³-hybridized carbons (Fsp3) is 0.111. The Morgan fingerprint density at radius 1 is 0.733 bits per heavy atom. The average Bonchev–Trinajstić information content (AvgIpc) is 2.76. The van der Waals surface area contributed by atoms with Crippen LogP contribution in [0, 0.1) is 11.3 Å². The van der Waals surface area contributed by atoms with Gasteiger partial charge in [-0.2, -0.15) is 5.26 Å². The lowest BCUT2D eigenvalue weighted by Gasteiger charge is -2.18. The topological polar surface area (TPSA) is 36.7 Å². The first-order valence-electron chi connectivity index (χ1n) is 10.2. The van der Waals surface area contributed by atoms with E-state index in [-0.39, 0.29) is 0 Å². The molecule has 5 aromatic rings. The van der Waals surface area contributed by atoms with Crippen molar-refractivity contribution in [3.05, 3.63) is 84.6 Å². The Morgan fingerprint density at radius 3 is 2.30 bits per heavy atom. The summed E-state index contributed by atoms with van der Waals surface area (Å²) in [5, 5.41) is 18.0. The molecule has 5 rings (SSSR count). The summed E-state index contributed by atoms with van der Waals surface area (Å²) >= 11 is 0. The fourth-order valence-electron chi connectivity index (χ4n) is 4.23. The van der Waals surface area contributed by atoms with E-state index < -0.39 is 8.07 Å². The molecule has 0 spiro atoms. The van der Waals surface area contributed by atoms with E-state index in [1.165, 1.54) is 21.3 Å². The van der Waals surface area contributed by atoms with Gasteiger partial charge in [-0.3, -0.25) is 4.98 Å². The van der Waals surface area contributed by atoms with Crippen LogP contribution >= 0.6 is 0 Å². The van der Waals surface area contributed by atoms with E-state index in [1.54, 1.807) is 0 Å². The van der Waals surface area contributed by atoms with Crippen molar-refractivity contribution in [1.82, 2.24) is 4.98 Å². The van der Waals surface area contributed by atoms with Crippen molar-refractivity contribution < 1.29 is 0 Å². The minimum atomic E-state index is -1.36. The van der Waals surface area contributed by atoms with Gasteiger partial charge in [0.25, 0.3) is 0 Å². The highest BCUT2D eigenvalue weighted by Crippen LogP contribution is 2.34. The SMILES string of the molecule is C[Si](C)(C)c1ccc2c(ccc3c(-c4cc(C#N)c5ccccc5c4)nccc32)c1. The summed E-state index contributed by atoms with van der Waals surface area (Å²) in [5.74, 6) is 0. The standard InChI is InChI=1S/C27H22N2Si/c1-30(2,3)22-9-11-24-19(16-22)8-10-26-25(24)12-13-29-27(26)20-14-18-6-4-5-7-23(18)21(15-20)17-28/h4-16H,1-3H3. The third kappa shape index (κ3) is 2.97. The van der Waals surface area contributed by atoms with Crippen LogP contribution in [0.1, 0.15) is 5.56 Å². The Kier molecular flexibility index (Phi) is 4.20. The molecule has 1 aromatic heterocycles. The monoisotopic (exact) mass is 402 g/mol. The second kappa shape index (κ2) is 6.79. The van der Waals surface area contributed by atoms with Crippen LogP contribution < -0.4 is 5.19 Å². The first kappa shape index (κ1) is 18.5. The molecule has 144 valence electrons. The Labute approximate surface area is 177 Å². The molecule has 0 bridgehead atoms. The summed E-state index contributed by atoms with van der Waals surface area (Å²) in [6.45, 7) is 7.14. The molecule has 0 aliphatic carbocycles. The number of pyridine rings is 1. The molecule has 0 fully saturated rings. The van der Waals surface area contributed by atoms with Crippen molar-refractivity contribution >= 4 is 45.6 Å². The number of nitriles is 1. The molecule has 0 unspecified atom stereocenters. The highest BCUT2D eigenvalue weighted by Gasteiger charge is 2.17. The van der Waals surface area contributed by atoms with E-state index in [9.17, 15) is 5.26 Å². The van der Waals surface area contributed by atoms with Crippen LogP contribution in [0.5, 0.6) is 0 Å². The van der Waals surface area contributed by atoms with E-state index in [0.29, 0.717) is 5.56 Å². The maximum Gasteiger partial charge on any atom is 0.0998 e. The Balaban J connectivity index is 1.78. The van der Waals surface area contributed by atoms with E-state index in [0.717, 1.165) is 27.4 Å². The van der Waals surface area contributed by atoms with Crippen LogP contribution in [0.2, 0.25) is 19.6 Å². The predicted octanol–water partition coefficient (Wildman–Crippen LogP) is 6.63. The zero-order valence-corrected chi connectivity index (χ0v) is 18.4. The third-order valence-corrected chi connectivity index (χ3v) is 7.93. The molecule has 0 saturated carbocycles. The van der Waals surface area contributed by atoms with Gasteiger partial charge in [-0.15, -0.1) is 0 Å². The van der Waals surface area contributed by atoms with Gasteiger partial charge in [0.2, 0.25) is 0 Å². The molecule has 0 N–H and O–H groups in total. The van der Waals surface area contributed by atoms with E-state index in [2.05, 4.69) is 74.2 Å². The molecule has 0 amide bonds. The quantitative estimate of drug-likeness (QED) is 0.246. The Morgan fingerprint density at radius 2 is 1.50 bits per heavy atom. The van der Waals surface area contributed by atoms with Gasteiger partial charge in [-0.1, -0.05) is 79.4 Å². The zero-order chi connectivity index (χ0) is 20.9. The first-order valence-corrected chi connectivity index (χ1v) is 13.7. The largest absolute Gasteiger partial charge is 0.256 e. The number of hydrogen-bond acceptors (Lipinski definition) is 2. The van der Waals surface area contributed by atoms with Gasteiger partial charge in [-0.05, 0) is 45.1 Å². The number of hydrogen-bond donors (Lipinski definition) is 0. The molecule has 3 heteroatoms. The minimum Gasteiger partial charge on any atom is -0.256 e. The average molecular weight is 403 g/mol. The van der Waals surface area contributed by atoms with Gasteiger partial charge in [0.15, 0.2) is 0 Å². The summed E-state index contributed by atoms with van der Waals surface area (Å²) in [5.41, 5.74) is 2.59. The molecule has 0 aliphatic rings. The van der Waals surface area contributed by atoms with Crippen LogP contribution in [-0.4, -0.2) is 13.1 Å². The molecule has 0 radical (unpaired) electrons. The molecule has 4 aromatic carbocycles. The molecular formula is C27H22N2Si. The van der Waals surface area contributed by atoms with Crippen LogP contribution in [0.25, 0.3) is 43.6 Å². The smallest absolute Gasteiger partial charge is 0.0998 e. The lowest BCUT2D eigenvalue weighted by Crippen LogP contribution is -2.37. The molecule has 0 aliphatic heterocycles. The maximum atomic E-state index is 9.69. The van der Waals surface area contributed by atoms with Gasteiger partial charge in [0.05, 0.1) is 25.4 Å². The summed E-state index contributed by atoms with van der Waals surface area (Å²) < 4.78 is 0. The number of rotatable bonds is 2. The van der Waals surface area contributed by atoms with Crippen LogP contribution in [0.4, 0.5) is 0 Å². The third-order valence-electron chi connectivity index (χ3n) is 5.88. The summed E-state index contributed by atoms with van der Waals surface area (Å²) in [4.78, 5) is 4.72. The highest BCUT2D eigenvalue weighted by molar-refractivity contribution is 6.88. The predicted molar refractivity (Wildman–Crippen MR) is 130 cm³/mol. The Bertz CT molecular complexity index is 1490. The highest BCUT2D eigenvalue weighted by atomic mass is 28.3. The molecule has 0 saturated heterocycles. The van der Waals surface area contributed by atoms with Crippen molar-refractivity contribution in [2.45, 2.75) is 19.6 Å². The Hall–Kier alpha value is -3.48. The summed E-state index contributed by atoms with van der Waals surface area (Å²) in [6.07, 6.45) is 1.88. The van der Waals surface area contributed by atoms with E-state index in [4.69, 9.17) is 4.98 Å². The normalized spacial score (nSPS) is 11.8. The molecule has 1 heterocycles. The van der Waals surface area contributed by atoms with Crippen LogP contribution in [-0.2, 0) is 0 Å². The van der Waals surface area contributed by atoms with E-state index >= 15 is 0 Å². The lowest BCUT2D eigenvalue weighted by atomic mass is 9.95. The number of nitrogens with zero attached hydrogens (tertiary/aromatic N) is 2. The molecule has 2 nitrogen and oxygen atoms in total. The first-order chi connectivity index (χ1) is 14.5. The minimum absolute atomic E-state index is 0.683. The van der Waals surface area contributed by atoms with E-state index in [1.807, 2.05) is 30.5 Å². The van der Waals surface area contributed by atoms with Gasteiger partial charge in [0, 0.05) is 17.1 Å². The molecule has 30 heavy (non-hydrogen) atoms. The molecular weight excluding hydrogens is 380 g/mol. The van der Waals surface area contributed by atoms with Crippen molar-refractivity contribution in [1.29, 1.82) is 5.26 Å². The van der Waals surface area contributed by atoms with Gasteiger partial charge in [0.1, 0.15) is 0 Å². The second-order valence-electron chi connectivity index (χ2n) is 8.86. The van der Waals surface area contributed by atoms with Crippen molar-refractivity contribution in [2.75, 3.05) is 0 Å². The zero-order valence-electron chi connectivity index (χ0n) is 17.4. The van der Waals surface area contributed by atoms with Crippen molar-refractivity contribution in [3.63, 3.8) is 0 Å². The van der Waals surface area contributed by atoms with Gasteiger partial charge < -0.3 is 0 Å². The van der Waals surface area contributed by atoms with Gasteiger partial charge >= 0.3 is 0 Å². The number of aromatic nitrogens is 1. The lowest BCUT2D eigenvalue weighted by molar-refractivity contribution is 1.36. The van der Waals surface area contributed by atoms with Crippen LogP contribution in [0.15, 0.2) is 79.0 Å². The molecule has 0 atom stereocenters. The van der Waals surface area contributed by atoms with Crippen LogP contribution in [0.3, 0.4) is 0 Å². The van der Waals surface area contributed by atoms with Crippen molar-refractivity contribution in [2.24, 2.45) is 0 Å². The number of fused-ring (bicyclic) bond motifs is 4. The maximum absolute atomic E-state index is 9.69. The fourth-order valence-corrected chi connectivity index (χ4v) is 5.40. The van der Waals surface area contributed by atoms with Crippen molar-refractivity contribution in [3.8, 4) is 17.3 Å². The van der Waals surface area contributed by atoms with Gasteiger partial charge in [-0.25, -0.2) is 0 Å². The number of benzene rings is 4. The second-order valence-corrected chi connectivity index (χ2v) is 13.9. The summed E-state index contributed by atoms with van der Waals surface area (Å²) in [6, 6.07) is 27.9. The summed E-state index contributed by atoms with van der Waals surface area (Å²) in [7, 11) is -1.36.